The molecule has 0 aliphatic rings. The Balaban J connectivity index is 2.90. The number of amides is 1. The van der Waals surface area contributed by atoms with Crippen LogP contribution in [0.1, 0.15) is 31.3 Å². The van der Waals surface area contributed by atoms with Gasteiger partial charge in [-0.1, -0.05) is 25.4 Å². The zero-order valence-corrected chi connectivity index (χ0v) is 12.3. The van der Waals surface area contributed by atoms with E-state index in [0.717, 1.165) is 0 Å². The fourth-order valence-electron chi connectivity index (χ4n) is 1.77. The van der Waals surface area contributed by atoms with Gasteiger partial charge in [0.25, 0.3) is 5.91 Å². The average Bonchev–Trinajstić information content (AvgIpc) is 2.75. The number of ether oxygens (including phenoxy) is 1. The van der Waals surface area contributed by atoms with Crippen molar-refractivity contribution in [3.63, 3.8) is 0 Å². The van der Waals surface area contributed by atoms with Gasteiger partial charge in [-0.25, -0.2) is 4.79 Å². The SMILES string of the molecule is CCn1cc(Cl)cc1C(=O)NC(C(=O)OC)C(C)C. The molecule has 1 aromatic heterocycles. The van der Waals surface area contributed by atoms with Crippen molar-refractivity contribution in [3.8, 4) is 0 Å². The number of carbonyl (C=O) groups is 2. The van der Waals surface area contributed by atoms with Gasteiger partial charge in [-0.2, -0.15) is 0 Å². The second-order valence-electron chi connectivity index (χ2n) is 4.55. The number of aryl methyl sites for hydroxylation is 1. The number of hydrogen-bond donors (Lipinski definition) is 1. The third kappa shape index (κ3) is 3.73. The first-order valence-electron chi connectivity index (χ1n) is 6.15. The van der Waals surface area contributed by atoms with Crippen molar-refractivity contribution in [2.24, 2.45) is 5.92 Å². The molecule has 0 aliphatic carbocycles. The number of nitrogens with zero attached hydrogens (tertiary/aromatic N) is 1. The Morgan fingerprint density at radius 1 is 1.47 bits per heavy atom. The van der Waals surface area contributed by atoms with Crippen LogP contribution in [0.5, 0.6) is 0 Å². The second-order valence-corrected chi connectivity index (χ2v) is 4.98. The maximum atomic E-state index is 12.2. The van der Waals surface area contributed by atoms with Crippen molar-refractivity contribution in [1.82, 2.24) is 9.88 Å². The molecule has 1 heterocycles. The molecule has 5 nitrogen and oxygen atoms in total. The van der Waals surface area contributed by atoms with Crippen LogP contribution in [0.4, 0.5) is 0 Å². The normalized spacial score (nSPS) is 12.3. The van der Waals surface area contributed by atoms with E-state index >= 15 is 0 Å². The number of nitrogens with one attached hydrogen (secondary N) is 1. The zero-order chi connectivity index (χ0) is 14.6. The Kier molecular flexibility index (Phi) is 5.42. The number of halogens is 1. The van der Waals surface area contributed by atoms with E-state index in [1.807, 2.05) is 20.8 Å². The first-order valence-corrected chi connectivity index (χ1v) is 6.52. The summed E-state index contributed by atoms with van der Waals surface area (Å²) in [5, 5.41) is 3.17. The molecule has 0 bridgehead atoms. The van der Waals surface area contributed by atoms with Gasteiger partial charge in [-0.05, 0) is 18.9 Å². The summed E-state index contributed by atoms with van der Waals surface area (Å²) < 4.78 is 6.41. The smallest absolute Gasteiger partial charge is 0.328 e. The maximum absolute atomic E-state index is 12.2. The number of aromatic nitrogens is 1. The van der Waals surface area contributed by atoms with Crippen molar-refractivity contribution in [3.05, 3.63) is 23.0 Å². The molecule has 19 heavy (non-hydrogen) atoms. The third-order valence-corrected chi connectivity index (χ3v) is 3.05. The molecule has 0 spiro atoms. The fraction of sp³-hybridized carbons (Fsp3) is 0.538. The molecule has 0 fully saturated rings. The molecule has 1 atom stereocenters. The molecule has 0 aliphatic heterocycles. The largest absolute Gasteiger partial charge is 0.467 e. The zero-order valence-electron chi connectivity index (χ0n) is 11.6. The minimum absolute atomic E-state index is 0.0584. The first kappa shape index (κ1) is 15.6. The summed E-state index contributed by atoms with van der Waals surface area (Å²) in [5.41, 5.74) is 0.432. The number of rotatable bonds is 5. The summed E-state index contributed by atoms with van der Waals surface area (Å²) >= 11 is 5.88. The van der Waals surface area contributed by atoms with E-state index in [0.29, 0.717) is 17.3 Å². The van der Waals surface area contributed by atoms with Crippen molar-refractivity contribution in [1.29, 1.82) is 0 Å². The Labute approximate surface area is 117 Å². The number of esters is 1. The molecular weight excluding hydrogens is 268 g/mol. The molecule has 1 rings (SSSR count). The van der Waals surface area contributed by atoms with Gasteiger partial charge in [-0.3, -0.25) is 4.79 Å². The number of carbonyl (C=O) groups excluding carboxylic acids is 2. The van der Waals surface area contributed by atoms with Crippen LogP contribution in [0.15, 0.2) is 12.3 Å². The van der Waals surface area contributed by atoms with Crippen LogP contribution in [-0.4, -0.2) is 29.6 Å². The lowest BCUT2D eigenvalue weighted by Crippen LogP contribution is -2.45. The highest BCUT2D eigenvalue weighted by Gasteiger charge is 2.26. The summed E-state index contributed by atoms with van der Waals surface area (Å²) in [6.07, 6.45) is 1.68. The van der Waals surface area contributed by atoms with Gasteiger partial charge >= 0.3 is 5.97 Å². The molecule has 1 N–H and O–H groups in total. The fourth-order valence-corrected chi connectivity index (χ4v) is 1.99. The molecule has 1 unspecified atom stereocenters. The van der Waals surface area contributed by atoms with Crippen LogP contribution in [0, 0.1) is 5.92 Å². The van der Waals surface area contributed by atoms with Crippen LogP contribution < -0.4 is 5.32 Å². The predicted molar refractivity (Wildman–Crippen MR) is 73.2 cm³/mol. The highest BCUT2D eigenvalue weighted by atomic mass is 35.5. The minimum Gasteiger partial charge on any atom is -0.467 e. The van der Waals surface area contributed by atoms with Crippen LogP contribution in [0.25, 0.3) is 0 Å². The topological polar surface area (TPSA) is 60.3 Å². The summed E-state index contributed by atoms with van der Waals surface area (Å²) in [4.78, 5) is 23.8. The first-order chi connectivity index (χ1) is 8.90. The molecule has 0 radical (unpaired) electrons. The van der Waals surface area contributed by atoms with Crippen LogP contribution >= 0.6 is 11.6 Å². The number of hydrogen-bond acceptors (Lipinski definition) is 3. The minimum atomic E-state index is -0.670. The van der Waals surface area contributed by atoms with E-state index in [9.17, 15) is 9.59 Å². The van der Waals surface area contributed by atoms with Crippen molar-refractivity contribution in [2.75, 3.05) is 7.11 Å². The van der Waals surface area contributed by atoms with Crippen LogP contribution in [-0.2, 0) is 16.1 Å². The quantitative estimate of drug-likeness (QED) is 0.843. The average molecular weight is 287 g/mol. The van der Waals surface area contributed by atoms with E-state index in [1.54, 1.807) is 16.8 Å². The van der Waals surface area contributed by atoms with Gasteiger partial charge in [0.15, 0.2) is 0 Å². The maximum Gasteiger partial charge on any atom is 0.328 e. The van der Waals surface area contributed by atoms with Gasteiger partial charge in [0.05, 0.1) is 12.1 Å². The molecule has 1 amide bonds. The Morgan fingerprint density at radius 3 is 2.58 bits per heavy atom. The molecular formula is C13H19ClN2O3. The van der Waals surface area contributed by atoms with Crippen molar-refractivity contribution < 1.29 is 14.3 Å². The molecule has 0 saturated carbocycles. The lowest BCUT2D eigenvalue weighted by molar-refractivity contribution is -0.144. The summed E-state index contributed by atoms with van der Waals surface area (Å²) in [5.74, 6) is -0.848. The molecule has 1 aromatic rings. The highest BCUT2D eigenvalue weighted by molar-refractivity contribution is 6.31. The molecule has 0 saturated heterocycles. The van der Waals surface area contributed by atoms with E-state index in [4.69, 9.17) is 11.6 Å². The summed E-state index contributed by atoms with van der Waals surface area (Å²) in [7, 11) is 1.30. The van der Waals surface area contributed by atoms with Gasteiger partial charge in [0, 0.05) is 12.7 Å². The number of methoxy groups -OCH3 is 1. The van der Waals surface area contributed by atoms with E-state index in [-0.39, 0.29) is 11.8 Å². The Morgan fingerprint density at radius 2 is 2.11 bits per heavy atom. The van der Waals surface area contributed by atoms with Crippen molar-refractivity contribution >= 4 is 23.5 Å². The van der Waals surface area contributed by atoms with Crippen LogP contribution in [0.2, 0.25) is 5.02 Å². The Hall–Kier alpha value is -1.49. The lowest BCUT2D eigenvalue weighted by atomic mass is 10.0. The van der Waals surface area contributed by atoms with Crippen molar-refractivity contribution in [2.45, 2.75) is 33.4 Å². The standard InChI is InChI=1S/C13H19ClN2O3/c1-5-16-7-9(14)6-10(16)12(17)15-11(8(2)3)13(18)19-4/h6-8,11H,5H2,1-4H3,(H,15,17). The lowest BCUT2D eigenvalue weighted by Gasteiger charge is -2.20. The molecule has 106 valence electrons. The van der Waals surface area contributed by atoms with Gasteiger partial charge in [0.1, 0.15) is 11.7 Å². The van der Waals surface area contributed by atoms with Gasteiger partial charge in [-0.15, -0.1) is 0 Å². The summed E-state index contributed by atoms with van der Waals surface area (Å²) in [6, 6.07) is 0.909. The van der Waals surface area contributed by atoms with E-state index in [2.05, 4.69) is 10.1 Å². The van der Waals surface area contributed by atoms with E-state index in [1.165, 1.54) is 7.11 Å². The third-order valence-electron chi connectivity index (χ3n) is 2.84. The Bertz CT molecular complexity index is 468. The van der Waals surface area contributed by atoms with Gasteiger partial charge < -0.3 is 14.6 Å². The predicted octanol–water partition coefficient (Wildman–Crippen LogP) is 2.09. The monoisotopic (exact) mass is 286 g/mol. The van der Waals surface area contributed by atoms with Gasteiger partial charge in [0.2, 0.25) is 0 Å². The second kappa shape index (κ2) is 6.61. The highest BCUT2D eigenvalue weighted by Crippen LogP contribution is 2.15. The van der Waals surface area contributed by atoms with Crippen LogP contribution in [0.3, 0.4) is 0 Å². The summed E-state index contributed by atoms with van der Waals surface area (Å²) in [6.45, 7) is 6.22. The molecule has 0 aromatic carbocycles. The van der Waals surface area contributed by atoms with E-state index < -0.39 is 12.0 Å². The molecule has 6 heteroatoms.